The molecule has 0 aromatic rings. The van der Waals surface area contributed by atoms with Crippen LogP contribution < -0.4 is 0 Å². The number of hydrogen-bond acceptors (Lipinski definition) is 15. The summed E-state index contributed by atoms with van der Waals surface area (Å²) < 4.78 is 63.6. The molecule has 6 aliphatic heterocycles. The van der Waals surface area contributed by atoms with Gasteiger partial charge in [-0.25, -0.2) is 0 Å². The van der Waals surface area contributed by atoms with E-state index in [9.17, 15) is 25.2 Å². The Hall–Kier alpha value is -2.09. The van der Waals surface area contributed by atoms with E-state index in [0.29, 0.717) is 36.8 Å². The fourth-order valence-corrected chi connectivity index (χ4v) is 11.0. The molecule has 15 nitrogen and oxygen atoms in total. The number of rotatable bonds is 8. The average Bonchev–Trinajstić information content (AvgIpc) is 3.59. The molecule has 0 aromatic heterocycles. The molecule has 0 saturated carbocycles. The van der Waals surface area contributed by atoms with Gasteiger partial charge < -0.3 is 67.8 Å². The number of ether oxygens (including phenoxy) is 10. The third kappa shape index (κ3) is 9.98. The molecule has 63 heavy (non-hydrogen) atoms. The summed E-state index contributed by atoms with van der Waals surface area (Å²) in [5.41, 5.74) is 0.0234. The topological polar surface area (TPSA) is 190 Å². The molecule has 7 aliphatic rings. The molecule has 15 heteroatoms. The van der Waals surface area contributed by atoms with Crippen molar-refractivity contribution in [2.24, 2.45) is 23.7 Å². The maximum atomic E-state index is 14.4. The SMILES string of the molecule is CC[C@H](C)[C@H]1O[C@@]2(C[C@@H]3C[C@@H](C/C=C(/C)[C@@H](O[C@H]4C[C@H](OC)[C@@H](O[C@H]5C[C@H](OC)[C@@H](O)[C@H](C)O5)[C@H](C)O4)[C@@H](C)/C=C\C=C4\CO[C@@H]5[C@H](O)C(C)=C[C@@H](C(=O)O3)[C@]45O)O2)C[C@H](O)[C@@H]1C. The molecule has 0 aromatic carbocycles. The second-order valence-corrected chi connectivity index (χ2v) is 19.5. The zero-order valence-corrected chi connectivity index (χ0v) is 38.8. The Morgan fingerprint density at radius 2 is 1.59 bits per heavy atom. The van der Waals surface area contributed by atoms with Crippen molar-refractivity contribution in [1.82, 2.24) is 0 Å². The van der Waals surface area contributed by atoms with Crippen LogP contribution in [-0.4, -0.2) is 151 Å². The Morgan fingerprint density at radius 1 is 0.889 bits per heavy atom. The highest BCUT2D eigenvalue weighted by atomic mass is 16.7. The van der Waals surface area contributed by atoms with Gasteiger partial charge in [-0.05, 0) is 56.8 Å². The minimum atomic E-state index is -1.87. The molecule has 356 valence electrons. The molecule has 5 saturated heterocycles. The van der Waals surface area contributed by atoms with Gasteiger partial charge in [0.2, 0.25) is 0 Å². The van der Waals surface area contributed by atoms with Crippen molar-refractivity contribution in [3.8, 4) is 0 Å². The lowest BCUT2D eigenvalue weighted by molar-refractivity contribution is -0.354. The molecule has 1 spiro atoms. The Labute approximate surface area is 373 Å². The lowest BCUT2D eigenvalue weighted by atomic mass is 9.71. The first-order chi connectivity index (χ1) is 29.9. The van der Waals surface area contributed by atoms with Crippen LogP contribution in [0.5, 0.6) is 0 Å². The Kier molecular flexibility index (Phi) is 15.5. The number of methoxy groups -OCH3 is 2. The zero-order chi connectivity index (χ0) is 45.5. The minimum Gasteiger partial charge on any atom is -0.462 e. The molecule has 6 heterocycles. The van der Waals surface area contributed by atoms with E-state index in [0.717, 1.165) is 12.0 Å². The van der Waals surface area contributed by atoms with Crippen LogP contribution in [0, 0.1) is 23.7 Å². The van der Waals surface area contributed by atoms with Gasteiger partial charge in [0.15, 0.2) is 18.4 Å². The highest BCUT2D eigenvalue weighted by Gasteiger charge is 2.60. The van der Waals surface area contributed by atoms with Crippen molar-refractivity contribution in [2.75, 3.05) is 20.8 Å². The van der Waals surface area contributed by atoms with Gasteiger partial charge in [0.25, 0.3) is 0 Å². The third-order valence-corrected chi connectivity index (χ3v) is 15.0. The Morgan fingerprint density at radius 3 is 2.30 bits per heavy atom. The number of carbonyl (C=O) groups is 1. The largest absolute Gasteiger partial charge is 0.462 e. The predicted octanol–water partition coefficient (Wildman–Crippen LogP) is 4.57. The molecule has 1 aliphatic carbocycles. The first-order valence-electron chi connectivity index (χ1n) is 23.3. The zero-order valence-electron chi connectivity index (χ0n) is 38.8. The molecule has 21 atom stereocenters. The fourth-order valence-electron chi connectivity index (χ4n) is 11.0. The van der Waals surface area contributed by atoms with E-state index in [1.54, 1.807) is 40.2 Å². The summed E-state index contributed by atoms with van der Waals surface area (Å²) >= 11 is 0. The van der Waals surface area contributed by atoms with Crippen LogP contribution in [-0.2, 0) is 52.2 Å². The summed E-state index contributed by atoms with van der Waals surface area (Å²) in [6.07, 6.45) is 3.00. The van der Waals surface area contributed by atoms with E-state index in [4.69, 9.17) is 47.4 Å². The highest BCUT2D eigenvalue weighted by Crippen LogP contribution is 2.48. The van der Waals surface area contributed by atoms with Gasteiger partial charge in [-0.1, -0.05) is 64.5 Å². The van der Waals surface area contributed by atoms with Crippen LogP contribution >= 0.6 is 0 Å². The summed E-state index contributed by atoms with van der Waals surface area (Å²) in [7, 11) is 3.20. The Balaban J connectivity index is 1.19. The number of hydrogen-bond donors (Lipinski definition) is 4. The lowest BCUT2D eigenvalue weighted by Gasteiger charge is -2.52. The maximum Gasteiger partial charge on any atom is 0.316 e. The van der Waals surface area contributed by atoms with E-state index in [2.05, 4.69) is 19.9 Å². The van der Waals surface area contributed by atoms with Crippen LogP contribution in [0.15, 0.2) is 47.1 Å². The second-order valence-electron chi connectivity index (χ2n) is 19.5. The number of aliphatic hydroxyl groups is 4. The van der Waals surface area contributed by atoms with Gasteiger partial charge in [-0.15, -0.1) is 0 Å². The van der Waals surface area contributed by atoms with Gasteiger partial charge in [-0.2, -0.15) is 0 Å². The van der Waals surface area contributed by atoms with Crippen LogP contribution in [0.25, 0.3) is 0 Å². The molecular weight excluding hydrogens is 817 g/mol. The standard InChI is InChI=1S/C48H74O15/c1-11-24(2)43-28(6)35(49)22-47(63-43)21-33-18-32(62-47)16-15-26(4)42(25(3)13-12-14-31-23-56-45-40(50)27(5)17-34(46(52)59-33)48(31,45)53)60-39-20-37(55-10)44(30(8)58-39)61-38-19-36(54-9)41(51)29(7)57-38/h12-15,17,24-25,28-30,32-45,49-51,53H,11,16,18-23H2,1-10H3/b13-12-,26-15-,31-14-/t24-,25-,28-,29-,30-,32+,33-,34-,35-,36-,37-,38-,39-,40+,41-,42-,43+,44-,45+,47-,48+/m0/s1. The van der Waals surface area contributed by atoms with Crippen molar-refractivity contribution in [3.63, 3.8) is 0 Å². The molecule has 7 rings (SSSR count). The molecule has 5 fully saturated rings. The molecule has 4 N–H and O–H groups in total. The van der Waals surface area contributed by atoms with Crippen molar-refractivity contribution < 1.29 is 72.6 Å². The maximum absolute atomic E-state index is 14.4. The second kappa shape index (κ2) is 20.0. The van der Waals surface area contributed by atoms with E-state index in [1.807, 2.05) is 39.8 Å². The molecule has 0 unspecified atom stereocenters. The van der Waals surface area contributed by atoms with Gasteiger partial charge in [0.1, 0.15) is 42.0 Å². The van der Waals surface area contributed by atoms with Crippen LogP contribution in [0.1, 0.15) is 100 Å². The van der Waals surface area contributed by atoms with Gasteiger partial charge in [0.05, 0.1) is 55.4 Å². The molecule has 0 amide bonds. The molecule has 2 bridgehead atoms. The fraction of sp³-hybridized carbons (Fsp3) is 0.812. The van der Waals surface area contributed by atoms with Gasteiger partial charge in [0, 0.05) is 58.2 Å². The normalized spacial score (nSPS) is 50.0. The first-order valence-corrected chi connectivity index (χ1v) is 23.3. The number of carbonyl (C=O) groups excluding carboxylic acids is 1. The first kappa shape index (κ1) is 48.8. The smallest absolute Gasteiger partial charge is 0.316 e. The monoisotopic (exact) mass is 891 g/mol. The van der Waals surface area contributed by atoms with E-state index < -0.39 is 109 Å². The van der Waals surface area contributed by atoms with Crippen LogP contribution in [0.3, 0.4) is 0 Å². The van der Waals surface area contributed by atoms with Crippen LogP contribution in [0.4, 0.5) is 0 Å². The quantitative estimate of drug-likeness (QED) is 0.196. The van der Waals surface area contributed by atoms with Crippen LogP contribution in [0.2, 0.25) is 0 Å². The van der Waals surface area contributed by atoms with Crippen molar-refractivity contribution >= 4 is 5.97 Å². The minimum absolute atomic E-state index is 0.0109. The lowest BCUT2D eigenvalue weighted by Crippen LogP contribution is -2.60. The number of allylic oxidation sites excluding steroid dienone is 2. The van der Waals surface area contributed by atoms with E-state index in [-0.39, 0.29) is 43.3 Å². The van der Waals surface area contributed by atoms with E-state index >= 15 is 0 Å². The summed E-state index contributed by atoms with van der Waals surface area (Å²) in [4.78, 5) is 14.4. The summed E-state index contributed by atoms with van der Waals surface area (Å²) in [6.45, 7) is 15.7. The average molecular weight is 891 g/mol. The van der Waals surface area contributed by atoms with Crippen molar-refractivity contribution in [2.45, 2.75) is 204 Å². The number of aliphatic hydroxyl groups excluding tert-OH is 3. The molecular formula is C48H74O15. The predicted molar refractivity (Wildman–Crippen MR) is 229 cm³/mol. The van der Waals surface area contributed by atoms with Crippen molar-refractivity contribution in [3.05, 3.63) is 47.1 Å². The third-order valence-electron chi connectivity index (χ3n) is 15.0. The summed E-state index contributed by atoms with van der Waals surface area (Å²) in [5.74, 6) is -3.19. The Bertz CT molecular complexity index is 1710. The summed E-state index contributed by atoms with van der Waals surface area (Å²) in [5, 5.41) is 45.7. The van der Waals surface area contributed by atoms with Gasteiger partial charge in [-0.3, -0.25) is 4.79 Å². The highest BCUT2D eigenvalue weighted by molar-refractivity contribution is 5.78. The number of fused-ring (bicyclic) bond motifs is 2. The van der Waals surface area contributed by atoms with E-state index in [1.165, 1.54) is 0 Å². The van der Waals surface area contributed by atoms with Crippen molar-refractivity contribution in [1.29, 1.82) is 0 Å². The molecule has 0 radical (unpaired) electrons. The van der Waals surface area contributed by atoms with Gasteiger partial charge >= 0.3 is 5.97 Å². The number of esters is 1. The summed E-state index contributed by atoms with van der Waals surface area (Å²) in [6, 6.07) is 0.